The predicted molar refractivity (Wildman–Crippen MR) is 122 cm³/mol. The topological polar surface area (TPSA) is 9.23 Å². The lowest BCUT2D eigenvalue weighted by molar-refractivity contribution is -0.153. The van der Waals surface area contributed by atoms with Crippen molar-refractivity contribution in [1.82, 2.24) is 0 Å². The van der Waals surface area contributed by atoms with Crippen molar-refractivity contribution in [2.75, 3.05) is 6.61 Å². The van der Waals surface area contributed by atoms with Crippen molar-refractivity contribution in [3.63, 3.8) is 0 Å². The van der Waals surface area contributed by atoms with Crippen LogP contribution in [0.3, 0.4) is 0 Å². The van der Waals surface area contributed by atoms with Crippen LogP contribution < -0.4 is 4.74 Å². The largest absolute Gasteiger partial charge is 0.481 e. The maximum Gasteiger partial charge on any atom is 0.422 e. The molecular formula is C27H29F5O. The van der Waals surface area contributed by atoms with Gasteiger partial charge in [0.25, 0.3) is 0 Å². The summed E-state index contributed by atoms with van der Waals surface area (Å²) in [7, 11) is 0. The summed E-state index contributed by atoms with van der Waals surface area (Å²) < 4.78 is 70.6. The van der Waals surface area contributed by atoms with Gasteiger partial charge in [0, 0.05) is 5.39 Å². The quantitative estimate of drug-likeness (QED) is 0.205. The minimum atomic E-state index is -4.53. The van der Waals surface area contributed by atoms with Gasteiger partial charge in [0.15, 0.2) is 18.2 Å². The highest BCUT2D eigenvalue weighted by molar-refractivity contribution is 5.85. The van der Waals surface area contributed by atoms with Crippen LogP contribution in [0.4, 0.5) is 22.0 Å². The van der Waals surface area contributed by atoms with Crippen molar-refractivity contribution in [3.05, 3.63) is 76.9 Å². The van der Waals surface area contributed by atoms with Gasteiger partial charge in [-0.25, -0.2) is 8.78 Å². The second-order valence-corrected chi connectivity index (χ2v) is 8.43. The van der Waals surface area contributed by atoms with Crippen molar-refractivity contribution >= 4 is 10.8 Å². The second kappa shape index (κ2) is 11.5. The van der Waals surface area contributed by atoms with E-state index in [1.165, 1.54) is 37.5 Å². The van der Waals surface area contributed by atoms with Crippen LogP contribution in [0.1, 0.15) is 55.7 Å². The zero-order chi connectivity index (χ0) is 23.8. The van der Waals surface area contributed by atoms with E-state index < -0.39 is 24.3 Å². The molecule has 178 valence electrons. The first-order valence-electron chi connectivity index (χ1n) is 11.4. The minimum absolute atomic E-state index is 0.188. The predicted octanol–water partition coefficient (Wildman–Crippen LogP) is 8.36. The van der Waals surface area contributed by atoms with E-state index in [-0.39, 0.29) is 11.2 Å². The second-order valence-electron chi connectivity index (χ2n) is 8.43. The van der Waals surface area contributed by atoms with E-state index in [1.54, 1.807) is 18.2 Å². The third-order valence-electron chi connectivity index (χ3n) is 5.74. The van der Waals surface area contributed by atoms with Crippen LogP contribution in [-0.2, 0) is 19.3 Å². The van der Waals surface area contributed by atoms with E-state index in [1.807, 2.05) is 12.1 Å². The van der Waals surface area contributed by atoms with Crippen LogP contribution in [0.2, 0.25) is 0 Å². The summed E-state index contributed by atoms with van der Waals surface area (Å²) in [6, 6.07) is 13.2. The molecule has 0 atom stereocenters. The highest BCUT2D eigenvalue weighted by Gasteiger charge is 2.29. The fourth-order valence-corrected chi connectivity index (χ4v) is 3.91. The molecule has 0 aliphatic heterocycles. The molecule has 0 saturated carbocycles. The Morgan fingerprint density at radius 1 is 0.758 bits per heavy atom. The number of aryl methyl sites for hydroxylation is 3. The molecule has 33 heavy (non-hydrogen) atoms. The SMILES string of the molecule is CCCCCCCc1ccc(CCc2ccc3c(F)c(OCC(F)(F)F)ccc3c2)c(F)c1. The third kappa shape index (κ3) is 7.44. The summed E-state index contributed by atoms with van der Waals surface area (Å²) in [6.07, 6.45) is 3.30. The van der Waals surface area contributed by atoms with Crippen molar-refractivity contribution in [2.45, 2.75) is 64.5 Å². The minimum Gasteiger partial charge on any atom is -0.481 e. The fourth-order valence-electron chi connectivity index (χ4n) is 3.91. The summed E-state index contributed by atoms with van der Waals surface area (Å²) in [5, 5.41) is 0.746. The molecule has 0 spiro atoms. The smallest absolute Gasteiger partial charge is 0.422 e. The molecule has 0 aromatic heterocycles. The Morgan fingerprint density at radius 3 is 2.21 bits per heavy atom. The van der Waals surface area contributed by atoms with Gasteiger partial charge >= 0.3 is 6.18 Å². The number of alkyl halides is 3. The van der Waals surface area contributed by atoms with Gasteiger partial charge < -0.3 is 4.74 Å². The molecule has 0 heterocycles. The average molecular weight is 465 g/mol. The molecule has 6 heteroatoms. The van der Waals surface area contributed by atoms with Gasteiger partial charge in [-0.1, -0.05) is 69.0 Å². The maximum atomic E-state index is 14.5. The van der Waals surface area contributed by atoms with E-state index in [2.05, 4.69) is 11.7 Å². The lowest BCUT2D eigenvalue weighted by Crippen LogP contribution is -2.19. The standard InChI is InChI=1S/C27H29F5O/c1-2-3-4-5-6-7-19-8-11-21(24(28)17-19)12-9-20-10-14-23-22(16-20)13-15-25(26(23)29)33-18-27(30,31)32/h8,10-11,13-17H,2-7,9,12,18H2,1H3. The van der Waals surface area contributed by atoms with Gasteiger partial charge in [-0.2, -0.15) is 13.2 Å². The molecule has 0 aliphatic carbocycles. The molecule has 0 aliphatic rings. The Hall–Kier alpha value is -2.63. The first-order valence-corrected chi connectivity index (χ1v) is 11.4. The summed E-state index contributed by atoms with van der Waals surface area (Å²) in [6.45, 7) is 0.634. The number of hydrogen-bond donors (Lipinski definition) is 0. The van der Waals surface area contributed by atoms with E-state index >= 15 is 0 Å². The Balaban J connectivity index is 1.60. The molecule has 0 bridgehead atoms. The van der Waals surface area contributed by atoms with Gasteiger partial charge in [0.1, 0.15) is 5.82 Å². The number of ether oxygens (including phenoxy) is 1. The van der Waals surface area contributed by atoms with Crippen LogP contribution in [0, 0.1) is 11.6 Å². The monoisotopic (exact) mass is 464 g/mol. The number of fused-ring (bicyclic) bond motifs is 1. The highest BCUT2D eigenvalue weighted by Crippen LogP contribution is 2.29. The molecule has 3 rings (SSSR count). The van der Waals surface area contributed by atoms with E-state index in [4.69, 9.17) is 0 Å². The molecule has 0 unspecified atom stereocenters. The maximum absolute atomic E-state index is 14.5. The van der Waals surface area contributed by atoms with E-state index in [0.717, 1.165) is 30.4 Å². The van der Waals surface area contributed by atoms with Crippen LogP contribution in [-0.4, -0.2) is 12.8 Å². The van der Waals surface area contributed by atoms with Crippen LogP contribution in [0.25, 0.3) is 10.8 Å². The van der Waals surface area contributed by atoms with Crippen LogP contribution >= 0.6 is 0 Å². The highest BCUT2D eigenvalue weighted by atomic mass is 19.4. The van der Waals surface area contributed by atoms with Crippen LogP contribution in [0.15, 0.2) is 48.5 Å². The molecule has 0 saturated heterocycles. The summed E-state index contributed by atoms with van der Waals surface area (Å²) >= 11 is 0. The zero-order valence-corrected chi connectivity index (χ0v) is 18.8. The summed E-state index contributed by atoms with van der Waals surface area (Å²) in [5.74, 6) is -1.46. The average Bonchev–Trinajstić information content (AvgIpc) is 2.77. The van der Waals surface area contributed by atoms with Gasteiger partial charge in [-0.05, 0) is 59.9 Å². The molecule has 0 fully saturated rings. The fraction of sp³-hybridized carbons (Fsp3) is 0.407. The van der Waals surface area contributed by atoms with Crippen molar-refractivity contribution < 1.29 is 26.7 Å². The summed E-state index contributed by atoms with van der Waals surface area (Å²) in [5.41, 5.74) is 2.54. The van der Waals surface area contributed by atoms with Crippen molar-refractivity contribution in [3.8, 4) is 5.75 Å². The number of benzene rings is 3. The van der Waals surface area contributed by atoms with Gasteiger partial charge in [0.2, 0.25) is 0 Å². The normalized spacial score (nSPS) is 11.8. The molecule has 0 N–H and O–H groups in total. The number of hydrogen-bond acceptors (Lipinski definition) is 1. The first-order chi connectivity index (χ1) is 15.8. The van der Waals surface area contributed by atoms with E-state index in [0.29, 0.717) is 23.8 Å². The Bertz CT molecular complexity index is 1060. The number of unbranched alkanes of at least 4 members (excludes halogenated alkanes) is 4. The number of halogens is 5. The van der Waals surface area contributed by atoms with Crippen LogP contribution in [0.5, 0.6) is 5.75 Å². The van der Waals surface area contributed by atoms with Gasteiger partial charge in [-0.3, -0.25) is 0 Å². The Kier molecular flexibility index (Phi) is 8.70. The van der Waals surface area contributed by atoms with Gasteiger partial charge in [0.05, 0.1) is 0 Å². The Labute approximate surface area is 191 Å². The zero-order valence-electron chi connectivity index (χ0n) is 18.8. The molecular weight excluding hydrogens is 435 g/mol. The number of rotatable bonds is 11. The molecule has 1 nitrogen and oxygen atoms in total. The molecule has 0 amide bonds. The van der Waals surface area contributed by atoms with Crippen molar-refractivity contribution in [2.24, 2.45) is 0 Å². The lowest BCUT2D eigenvalue weighted by Gasteiger charge is -2.12. The van der Waals surface area contributed by atoms with E-state index in [9.17, 15) is 22.0 Å². The lowest BCUT2D eigenvalue weighted by atomic mass is 9.98. The first kappa shape index (κ1) is 25.0. The molecule has 3 aromatic rings. The molecule has 3 aromatic carbocycles. The van der Waals surface area contributed by atoms with Crippen molar-refractivity contribution in [1.29, 1.82) is 0 Å². The summed E-state index contributed by atoms with van der Waals surface area (Å²) in [4.78, 5) is 0. The molecule has 0 radical (unpaired) electrons. The third-order valence-corrected chi connectivity index (χ3v) is 5.74. The Morgan fingerprint density at radius 2 is 1.48 bits per heavy atom. The van der Waals surface area contributed by atoms with Gasteiger partial charge in [-0.15, -0.1) is 0 Å².